The average Bonchev–Trinajstić information content (AvgIpc) is 3.19. The molecule has 0 amide bonds. The second kappa shape index (κ2) is 4.96. The summed E-state index contributed by atoms with van der Waals surface area (Å²) < 4.78 is 21.5. The Hall–Kier alpha value is -0.960. The minimum atomic E-state index is -3.59. The van der Waals surface area contributed by atoms with Crippen molar-refractivity contribution in [3.63, 3.8) is 0 Å². The summed E-state index contributed by atoms with van der Waals surface area (Å²) in [4.78, 5) is 12.0. The molecule has 0 aliphatic heterocycles. The van der Waals surface area contributed by atoms with Crippen LogP contribution in [0.4, 0.5) is 0 Å². The SMILES string of the molecule is COP(=O)(OC)C(=O)CC1(c2ccccc2)CC1. The fourth-order valence-corrected chi connectivity index (χ4v) is 3.23. The lowest BCUT2D eigenvalue weighted by Gasteiger charge is -2.18. The molecule has 1 saturated carbocycles. The van der Waals surface area contributed by atoms with Crippen molar-refractivity contribution in [1.29, 1.82) is 0 Å². The number of hydrogen-bond donors (Lipinski definition) is 0. The van der Waals surface area contributed by atoms with Crippen molar-refractivity contribution in [3.8, 4) is 0 Å². The smallest absolute Gasteiger partial charge is 0.307 e. The van der Waals surface area contributed by atoms with Gasteiger partial charge in [0.15, 0.2) is 0 Å². The molecule has 0 heterocycles. The number of hydrogen-bond acceptors (Lipinski definition) is 4. The monoisotopic (exact) mass is 268 g/mol. The first-order valence-corrected chi connectivity index (χ1v) is 7.41. The van der Waals surface area contributed by atoms with E-state index in [4.69, 9.17) is 9.05 Å². The Balaban J connectivity index is 2.16. The molecule has 4 nitrogen and oxygen atoms in total. The minimum Gasteiger partial charge on any atom is -0.307 e. The van der Waals surface area contributed by atoms with Crippen LogP contribution in [0.3, 0.4) is 0 Å². The van der Waals surface area contributed by atoms with Crippen LogP contribution in [0, 0.1) is 0 Å². The van der Waals surface area contributed by atoms with Gasteiger partial charge in [-0.1, -0.05) is 30.3 Å². The third-order valence-electron chi connectivity index (χ3n) is 3.52. The van der Waals surface area contributed by atoms with Gasteiger partial charge in [0.05, 0.1) is 0 Å². The van der Waals surface area contributed by atoms with Crippen LogP contribution in [0.15, 0.2) is 30.3 Å². The van der Waals surface area contributed by atoms with E-state index in [0.717, 1.165) is 18.4 Å². The minimum absolute atomic E-state index is 0.162. The van der Waals surface area contributed by atoms with Gasteiger partial charge in [0.25, 0.3) is 0 Å². The molecule has 1 aromatic rings. The van der Waals surface area contributed by atoms with E-state index in [-0.39, 0.29) is 11.8 Å². The fraction of sp³-hybridized carbons (Fsp3) is 0.462. The van der Waals surface area contributed by atoms with Gasteiger partial charge >= 0.3 is 7.60 Å². The molecule has 1 aromatic carbocycles. The van der Waals surface area contributed by atoms with Crippen molar-refractivity contribution < 1.29 is 18.4 Å². The molecule has 1 aliphatic carbocycles. The van der Waals surface area contributed by atoms with Crippen LogP contribution >= 0.6 is 7.60 Å². The quantitative estimate of drug-likeness (QED) is 0.744. The van der Waals surface area contributed by atoms with Crippen LogP contribution in [0.25, 0.3) is 0 Å². The van der Waals surface area contributed by atoms with E-state index in [1.807, 2.05) is 30.3 Å². The zero-order valence-corrected chi connectivity index (χ0v) is 11.5. The van der Waals surface area contributed by atoms with Crippen molar-refractivity contribution in [2.45, 2.75) is 24.7 Å². The fourth-order valence-electron chi connectivity index (χ4n) is 2.17. The number of carbonyl (C=O) groups is 1. The Bertz CT molecular complexity index is 471. The number of rotatable bonds is 6. The lowest BCUT2D eigenvalue weighted by molar-refractivity contribution is -0.114. The highest BCUT2D eigenvalue weighted by Gasteiger charge is 2.49. The van der Waals surface area contributed by atoms with Gasteiger partial charge in [0, 0.05) is 26.1 Å². The highest BCUT2D eigenvalue weighted by atomic mass is 31.2. The molecule has 1 aliphatic rings. The Labute approximate surface area is 107 Å². The Morgan fingerprint density at radius 1 is 1.22 bits per heavy atom. The zero-order chi connectivity index (χ0) is 13.2. The molecule has 0 spiro atoms. The summed E-state index contributed by atoms with van der Waals surface area (Å²) in [5, 5.41) is 0. The standard InChI is InChI=1S/C13H17O4P/c1-16-18(15,17-2)12(14)10-13(8-9-13)11-6-4-3-5-7-11/h3-7H,8-10H2,1-2H3. The molecule has 0 bridgehead atoms. The van der Waals surface area contributed by atoms with Crippen molar-refractivity contribution in [3.05, 3.63) is 35.9 Å². The van der Waals surface area contributed by atoms with E-state index in [2.05, 4.69) is 0 Å². The van der Waals surface area contributed by atoms with Gasteiger partial charge in [-0.15, -0.1) is 0 Å². The maximum atomic E-state index is 12.0. The van der Waals surface area contributed by atoms with Crippen molar-refractivity contribution in [2.24, 2.45) is 0 Å². The lowest BCUT2D eigenvalue weighted by Crippen LogP contribution is -2.15. The Morgan fingerprint density at radius 2 is 1.78 bits per heavy atom. The molecule has 0 aromatic heterocycles. The lowest BCUT2D eigenvalue weighted by atomic mass is 9.93. The predicted octanol–water partition coefficient (Wildman–Crippen LogP) is 3.12. The molecular formula is C13H17O4P. The second-order valence-corrected chi connectivity index (χ2v) is 6.80. The molecule has 0 saturated heterocycles. The van der Waals surface area contributed by atoms with Gasteiger partial charge in [-0.05, 0) is 18.4 Å². The van der Waals surface area contributed by atoms with Gasteiger partial charge in [-0.25, -0.2) is 0 Å². The normalized spacial score (nSPS) is 17.4. The number of carbonyl (C=O) groups excluding carboxylic acids is 1. The first-order valence-electron chi connectivity index (χ1n) is 5.87. The van der Waals surface area contributed by atoms with E-state index >= 15 is 0 Å². The first-order chi connectivity index (χ1) is 8.56. The van der Waals surface area contributed by atoms with Crippen LogP contribution in [0.1, 0.15) is 24.8 Å². The summed E-state index contributed by atoms with van der Waals surface area (Å²) >= 11 is 0. The molecule has 18 heavy (non-hydrogen) atoms. The van der Waals surface area contributed by atoms with Gasteiger partial charge < -0.3 is 9.05 Å². The average molecular weight is 268 g/mol. The summed E-state index contributed by atoms with van der Waals surface area (Å²) in [6, 6.07) is 9.85. The third kappa shape index (κ3) is 2.41. The maximum Gasteiger partial charge on any atom is 0.396 e. The molecule has 98 valence electrons. The van der Waals surface area contributed by atoms with E-state index < -0.39 is 13.1 Å². The third-order valence-corrected chi connectivity index (χ3v) is 5.25. The van der Waals surface area contributed by atoms with Crippen molar-refractivity contribution >= 4 is 13.1 Å². The largest absolute Gasteiger partial charge is 0.396 e. The van der Waals surface area contributed by atoms with E-state index in [9.17, 15) is 9.36 Å². The highest BCUT2D eigenvalue weighted by molar-refractivity contribution is 7.71. The van der Waals surface area contributed by atoms with Gasteiger partial charge in [-0.3, -0.25) is 9.36 Å². The van der Waals surface area contributed by atoms with Gasteiger partial charge in [0.2, 0.25) is 5.52 Å². The van der Waals surface area contributed by atoms with Crippen LogP contribution < -0.4 is 0 Å². The second-order valence-electron chi connectivity index (χ2n) is 4.58. The topological polar surface area (TPSA) is 52.6 Å². The van der Waals surface area contributed by atoms with Gasteiger partial charge in [-0.2, -0.15) is 0 Å². The van der Waals surface area contributed by atoms with Gasteiger partial charge in [0.1, 0.15) is 0 Å². The molecule has 0 radical (unpaired) electrons. The summed E-state index contributed by atoms with van der Waals surface area (Å²) in [5.74, 6) is 0. The summed E-state index contributed by atoms with van der Waals surface area (Å²) in [5.41, 5.74) is 0.524. The molecule has 5 heteroatoms. The summed E-state index contributed by atoms with van der Waals surface area (Å²) in [7, 11) is -1.11. The van der Waals surface area contributed by atoms with Crippen LogP contribution in [-0.2, 0) is 23.8 Å². The Kier molecular flexibility index (Phi) is 3.71. The van der Waals surface area contributed by atoms with E-state index in [1.165, 1.54) is 14.2 Å². The molecule has 2 rings (SSSR count). The maximum absolute atomic E-state index is 12.0. The van der Waals surface area contributed by atoms with E-state index in [1.54, 1.807) is 0 Å². The molecule has 0 atom stereocenters. The molecule has 0 N–H and O–H groups in total. The summed E-state index contributed by atoms with van der Waals surface area (Å²) in [6.45, 7) is 0. The summed E-state index contributed by atoms with van der Waals surface area (Å²) in [6.07, 6.45) is 2.10. The van der Waals surface area contributed by atoms with Crippen LogP contribution in [-0.4, -0.2) is 19.7 Å². The zero-order valence-electron chi connectivity index (χ0n) is 10.6. The molecule has 1 fully saturated rings. The number of benzene rings is 1. The first kappa shape index (κ1) is 13.5. The molecular weight excluding hydrogens is 251 g/mol. The van der Waals surface area contributed by atoms with Crippen molar-refractivity contribution in [2.75, 3.05) is 14.2 Å². The van der Waals surface area contributed by atoms with E-state index in [0.29, 0.717) is 0 Å². The van der Waals surface area contributed by atoms with Crippen molar-refractivity contribution in [1.82, 2.24) is 0 Å². The predicted molar refractivity (Wildman–Crippen MR) is 68.6 cm³/mol. The highest BCUT2D eigenvalue weighted by Crippen LogP contribution is 2.57. The van der Waals surface area contributed by atoms with Crippen LogP contribution in [0.2, 0.25) is 0 Å². The van der Waals surface area contributed by atoms with Crippen LogP contribution in [0.5, 0.6) is 0 Å². The Morgan fingerprint density at radius 3 is 2.22 bits per heavy atom. The molecule has 0 unspecified atom stereocenters.